The Morgan fingerprint density at radius 1 is 1.24 bits per heavy atom. The molecular formula is C14H16N6O. The highest BCUT2D eigenvalue weighted by Crippen LogP contribution is 2.24. The third kappa shape index (κ3) is 1.73. The highest BCUT2D eigenvalue weighted by atomic mass is 16.1. The summed E-state index contributed by atoms with van der Waals surface area (Å²) < 4.78 is 5.09. The zero-order valence-corrected chi connectivity index (χ0v) is 12.1. The molecule has 108 valence electrons. The van der Waals surface area contributed by atoms with Crippen molar-refractivity contribution in [3.8, 4) is 5.95 Å². The number of nitrogens with zero attached hydrogens (tertiary/aromatic N) is 6. The van der Waals surface area contributed by atoms with Crippen molar-refractivity contribution in [2.24, 2.45) is 7.05 Å². The van der Waals surface area contributed by atoms with Crippen molar-refractivity contribution in [3.63, 3.8) is 0 Å². The predicted molar refractivity (Wildman–Crippen MR) is 77.6 cm³/mol. The number of hydrogen-bond acceptors (Lipinski definition) is 4. The molecule has 4 rings (SSSR count). The van der Waals surface area contributed by atoms with Crippen LogP contribution in [0.1, 0.15) is 24.4 Å². The third-order valence-electron chi connectivity index (χ3n) is 4.06. The van der Waals surface area contributed by atoms with Crippen LogP contribution >= 0.6 is 0 Å². The van der Waals surface area contributed by atoms with E-state index in [1.807, 2.05) is 6.20 Å². The fourth-order valence-electron chi connectivity index (χ4n) is 3.09. The number of aryl methyl sites for hydroxylation is 4. The van der Waals surface area contributed by atoms with E-state index >= 15 is 0 Å². The third-order valence-corrected chi connectivity index (χ3v) is 4.06. The Balaban J connectivity index is 1.99. The van der Waals surface area contributed by atoms with Gasteiger partial charge >= 0.3 is 0 Å². The van der Waals surface area contributed by atoms with Crippen LogP contribution in [-0.2, 0) is 20.0 Å². The Kier molecular flexibility index (Phi) is 2.51. The fourth-order valence-corrected chi connectivity index (χ4v) is 3.09. The van der Waals surface area contributed by atoms with Gasteiger partial charge in [0.1, 0.15) is 5.82 Å². The molecule has 0 atom stereocenters. The van der Waals surface area contributed by atoms with Gasteiger partial charge in [-0.05, 0) is 26.2 Å². The molecule has 0 spiro atoms. The zero-order chi connectivity index (χ0) is 14.6. The van der Waals surface area contributed by atoms with Gasteiger partial charge in [-0.3, -0.25) is 4.79 Å². The minimum absolute atomic E-state index is 0.134. The second-order valence-corrected chi connectivity index (χ2v) is 5.50. The van der Waals surface area contributed by atoms with Crippen molar-refractivity contribution in [1.29, 1.82) is 0 Å². The summed E-state index contributed by atoms with van der Waals surface area (Å²) in [6.45, 7) is 2.77. The van der Waals surface area contributed by atoms with Gasteiger partial charge in [-0.2, -0.15) is 19.9 Å². The van der Waals surface area contributed by atoms with Crippen LogP contribution in [0.5, 0.6) is 0 Å². The lowest BCUT2D eigenvalue weighted by Gasteiger charge is -2.14. The summed E-state index contributed by atoms with van der Waals surface area (Å²) in [7, 11) is 1.76. The summed E-state index contributed by atoms with van der Waals surface area (Å²) in [5, 5.41) is 10.2. The first kappa shape index (κ1) is 12.3. The topological polar surface area (TPSA) is 70.5 Å². The van der Waals surface area contributed by atoms with Gasteiger partial charge in [0.05, 0.1) is 11.6 Å². The summed E-state index contributed by atoms with van der Waals surface area (Å²) in [4.78, 5) is 17.0. The zero-order valence-electron chi connectivity index (χ0n) is 12.1. The first-order valence-electron chi connectivity index (χ1n) is 7.13. The summed E-state index contributed by atoms with van der Waals surface area (Å²) in [5.41, 5.74) is 1.09. The van der Waals surface area contributed by atoms with Crippen LogP contribution in [0, 0.1) is 6.92 Å². The van der Waals surface area contributed by atoms with E-state index in [9.17, 15) is 4.79 Å². The molecule has 0 aromatic carbocycles. The molecule has 7 heteroatoms. The van der Waals surface area contributed by atoms with Crippen LogP contribution in [-0.4, -0.2) is 29.1 Å². The fraction of sp³-hybridized carbons (Fsp3) is 0.429. The second kappa shape index (κ2) is 4.28. The summed E-state index contributed by atoms with van der Waals surface area (Å²) in [6, 6.07) is 0. The molecule has 4 heterocycles. The Labute approximate surface area is 120 Å². The predicted octanol–water partition coefficient (Wildman–Crippen LogP) is 0.960. The van der Waals surface area contributed by atoms with Crippen molar-refractivity contribution in [2.75, 3.05) is 0 Å². The standard InChI is InChI=1S/C14H16N6O/c1-9-16-14(18(2)17-9)20-13(21)11-8-19-6-4-3-5-12(19)10(11)7-15-20/h7-8H,3-6H2,1-2H3. The summed E-state index contributed by atoms with van der Waals surface area (Å²) in [5.74, 6) is 1.07. The van der Waals surface area contributed by atoms with Gasteiger partial charge in [0, 0.05) is 30.9 Å². The van der Waals surface area contributed by atoms with Crippen molar-refractivity contribution >= 4 is 10.8 Å². The number of fused-ring (bicyclic) bond motifs is 3. The molecule has 0 aliphatic carbocycles. The summed E-state index contributed by atoms with van der Waals surface area (Å²) in [6.07, 6.45) is 7.08. The monoisotopic (exact) mass is 284 g/mol. The van der Waals surface area contributed by atoms with Crippen molar-refractivity contribution in [3.05, 3.63) is 34.3 Å². The van der Waals surface area contributed by atoms with Crippen LogP contribution in [0.3, 0.4) is 0 Å². The Morgan fingerprint density at radius 3 is 2.86 bits per heavy atom. The SMILES string of the molecule is Cc1nc(-n2ncc3c4n(cc3c2=O)CCCC4)n(C)n1. The molecule has 1 aliphatic rings. The molecule has 3 aromatic heterocycles. The molecule has 0 N–H and O–H groups in total. The molecule has 7 nitrogen and oxygen atoms in total. The van der Waals surface area contributed by atoms with Crippen LogP contribution < -0.4 is 5.56 Å². The van der Waals surface area contributed by atoms with Crippen molar-refractivity contribution in [2.45, 2.75) is 32.7 Å². The van der Waals surface area contributed by atoms with Gasteiger partial charge in [0.2, 0.25) is 0 Å². The molecule has 0 amide bonds. The minimum Gasteiger partial charge on any atom is -0.350 e. The second-order valence-electron chi connectivity index (χ2n) is 5.50. The van der Waals surface area contributed by atoms with E-state index < -0.39 is 0 Å². The molecule has 0 bridgehead atoms. The molecule has 21 heavy (non-hydrogen) atoms. The maximum atomic E-state index is 12.7. The molecular weight excluding hydrogens is 268 g/mol. The Morgan fingerprint density at radius 2 is 2.10 bits per heavy atom. The molecule has 0 saturated carbocycles. The maximum absolute atomic E-state index is 12.7. The Hall–Kier alpha value is -2.44. The van der Waals surface area contributed by atoms with Gasteiger partial charge < -0.3 is 4.57 Å². The average Bonchev–Trinajstić information content (AvgIpc) is 3.00. The van der Waals surface area contributed by atoms with E-state index in [1.165, 1.54) is 16.8 Å². The maximum Gasteiger partial charge on any atom is 0.283 e. The van der Waals surface area contributed by atoms with Crippen LogP contribution in [0.15, 0.2) is 17.2 Å². The highest BCUT2D eigenvalue weighted by molar-refractivity contribution is 5.84. The van der Waals surface area contributed by atoms with E-state index in [0.717, 1.165) is 24.8 Å². The lowest BCUT2D eigenvalue weighted by molar-refractivity contribution is 0.536. The van der Waals surface area contributed by atoms with Crippen LogP contribution in [0.4, 0.5) is 0 Å². The number of rotatable bonds is 1. The number of aromatic nitrogens is 6. The van der Waals surface area contributed by atoms with Gasteiger partial charge in [-0.15, -0.1) is 0 Å². The lowest BCUT2D eigenvalue weighted by atomic mass is 10.1. The summed E-state index contributed by atoms with van der Waals surface area (Å²) >= 11 is 0. The normalized spacial score (nSPS) is 14.6. The molecule has 3 aromatic rings. The quantitative estimate of drug-likeness (QED) is 0.667. The van der Waals surface area contributed by atoms with Gasteiger partial charge in [0.25, 0.3) is 11.5 Å². The average molecular weight is 284 g/mol. The molecule has 0 fully saturated rings. The van der Waals surface area contributed by atoms with Gasteiger partial charge in [-0.1, -0.05) is 0 Å². The van der Waals surface area contributed by atoms with E-state index in [1.54, 1.807) is 24.9 Å². The molecule has 0 unspecified atom stereocenters. The highest BCUT2D eigenvalue weighted by Gasteiger charge is 2.18. The van der Waals surface area contributed by atoms with E-state index in [-0.39, 0.29) is 5.56 Å². The smallest absolute Gasteiger partial charge is 0.283 e. The van der Waals surface area contributed by atoms with E-state index in [4.69, 9.17) is 0 Å². The van der Waals surface area contributed by atoms with Crippen molar-refractivity contribution in [1.82, 2.24) is 29.1 Å². The lowest BCUT2D eigenvalue weighted by Crippen LogP contribution is -2.23. The first-order chi connectivity index (χ1) is 10.1. The molecule has 1 aliphatic heterocycles. The minimum atomic E-state index is -0.134. The van der Waals surface area contributed by atoms with E-state index in [0.29, 0.717) is 17.2 Å². The largest absolute Gasteiger partial charge is 0.350 e. The molecule has 0 saturated heterocycles. The molecule has 0 radical (unpaired) electrons. The van der Waals surface area contributed by atoms with E-state index in [2.05, 4.69) is 19.7 Å². The van der Waals surface area contributed by atoms with Gasteiger partial charge in [-0.25, -0.2) is 4.68 Å². The Bertz CT molecular complexity index is 900. The van der Waals surface area contributed by atoms with Crippen LogP contribution in [0.2, 0.25) is 0 Å². The number of hydrogen-bond donors (Lipinski definition) is 0. The van der Waals surface area contributed by atoms with Crippen molar-refractivity contribution < 1.29 is 0 Å². The van der Waals surface area contributed by atoms with Gasteiger partial charge in [0.15, 0.2) is 0 Å². The first-order valence-corrected chi connectivity index (χ1v) is 7.13. The van der Waals surface area contributed by atoms with Crippen LogP contribution in [0.25, 0.3) is 16.7 Å².